The summed E-state index contributed by atoms with van der Waals surface area (Å²) < 4.78 is 0.424. The van der Waals surface area contributed by atoms with Gasteiger partial charge in [0.05, 0.1) is 6.33 Å². The van der Waals surface area contributed by atoms with Crippen LogP contribution in [0.15, 0.2) is 15.6 Å². The molecule has 6 heteroatoms. The summed E-state index contributed by atoms with van der Waals surface area (Å²) in [6.07, 6.45) is 4.61. The Morgan fingerprint density at radius 1 is 1.67 bits per heavy atom. The molecule has 0 bridgehead atoms. The Morgan fingerprint density at radius 2 is 2.40 bits per heavy atom. The highest BCUT2D eigenvalue weighted by Gasteiger charge is 2.32. The van der Waals surface area contributed by atoms with Gasteiger partial charge in [-0.05, 0) is 35.2 Å². The molecule has 0 radical (unpaired) electrons. The van der Waals surface area contributed by atoms with E-state index in [1.165, 1.54) is 12.7 Å². The Kier molecular flexibility index (Phi) is 2.79. The van der Waals surface area contributed by atoms with Crippen LogP contribution in [-0.2, 0) is 0 Å². The topological polar surface area (TPSA) is 83.8 Å². The molecule has 0 aromatic carbocycles. The molecule has 0 unspecified atom stereocenters. The Bertz CT molecular complexity index is 413. The van der Waals surface area contributed by atoms with Gasteiger partial charge in [0.25, 0.3) is 5.56 Å². The fourth-order valence-corrected chi connectivity index (χ4v) is 1.93. The molecule has 0 spiro atoms. The van der Waals surface area contributed by atoms with E-state index in [1.807, 2.05) is 0 Å². The van der Waals surface area contributed by atoms with Gasteiger partial charge in [0, 0.05) is 12.1 Å². The number of hydrogen-bond acceptors (Lipinski definition) is 4. The molecule has 1 aliphatic carbocycles. The van der Waals surface area contributed by atoms with Gasteiger partial charge < -0.3 is 16.0 Å². The van der Waals surface area contributed by atoms with Crippen molar-refractivity contribution in [1.82, 2.24) is 9.97 Å². The fraction of sp³-hybridized carbons (Fsp3) is 0.556. The zero-order valence-electron chi connectivity index (χ0n) is 8.22. The van der Waals surface area contributed by atoms with Gasteiger partial charge in [0.1, 0.15) is 10.3 Å². The van der Waals surface area contributed by atoms with E-state index in [9.17, 15) is 4.79 Å². The zero-order chi connectivity index (χ0) is 10.9. The van der Waals surface area contributed by atoms with E-state index in [0.29, 0.717) is 16.8 Å². The molecule has 4 N–H and O–H groups in total. The first-order valence-electron chi connectivity index (χ1n) is 4.87. The number of nitrogens with zero attached hydrogens (tertiary/aromatic N) is 1. The molecular weight excluding hydrogens is 260 g/mol. The maximum Gasteiger partial charge on any atom is 0.267 e. The highest BCUT2D eigenvalue weighted by Crippen LogP contribution is 2.29. The third-order valence-corrected chi connectivity index (χ3v) is 3.49. The molecule has 1 aliphatic rings. The molecule has 82 valence electrons. The average molecular weight is 273 g/mol. The van der Waals surface area contributed by atoms with Crippen LogP contribution in [0.5, 0.6) is 0 Å². The minimum absolute atomic E-state index is 0.121. The highest BCUT2D eigenvalue weighted by atomic mass is 79.9. The molecule has 0 atom stereocenters. The third kappa shape index (κ3) is 2.21. The predicted molar refractivity (Wildman–Crippen MR) is 61.8 cm³/mol. The molecule has 0 saturated heterocycles. The van der Waals surface area contributed by atoms with Gasteiger partial charge in [-0.25, -0.2) is 4.98 Å². The van der Waals surface area contributed by atoms with E-state index in [1.54, 1.807) is 0 Å². The van der Waals surface area contributed by atoms with Crippen LogP contribution in [0.1, 0.15) is 19.3 Å². The average Bonchev–Trinajstić information content (AvgIpc) is 2.17. The number of H-pyrrole nitrogens is 1. The Morgan fingerprint density at radius 3 is 3.00 bits per heavy atom. The largest absolute Gasteiger partial charge is 0.367 e. The van der Waals surface area contributed by atoms with Crippen LogP contribution in [0.3, 0.4) is 0 Å². The zero-order valence-corrected chi connectivity index (χ0v) is 9.80. The van der Waals surface area contributed by atoms with Crippen molar-refractivity contribution in [2.45, 2.75) is 24.8 Å². The van der Waals surface area contributed by atoms with Crippen molar-refractivity contribution in [3.05, 3.63) is 21.2 Å². The molecule has 0 amide bonds. The second-order valence-electron chi connectivity index (χ2n) is 3.96. The number of hydrogen-bond donors (Lipinski definition) is 3. The molecule has 1 heterocycles. The Hall–Kier alpha value is -0.880. The maximum atomic E-state index is 11.2. The quantitative estimate of drug-likeness (QED) is 0.761. The van der Waals surface area contributed by atoms with Gasteiger partial charge in [-0.1, -0.05) is 0 Å². The molecule has 0 aliphatic heterocycles. The van der Waals surface area contributed by atoms with E-state index in [0.717, 1.165) is 12.8 Å². The summed E-state index contributed by atoms with van der Waals surface area (Å²) in [4.78, 5) is 17.7. The SMILES string of the molecule is NC1(CNc2nc[nH]c(=O)c2Br)CCC1. The lowest BCUT2D eigenvalue weighted by Crippen LogP contribution is -2.52. The number of halogens is 1. The number of anilines is 1. The molecule has 1 fully saturated rings. The Labute approximate surface area is 95.6 Å². The highest BCUT2D eigenvalue weighted by molar-refractivity contribution is 9.10. The number of nitrogens with one attached hydrogen (secondary N) is 2. The summed E-state index contributed by atoms with van der Waals surface area (Å²) in [5, 5.41) is 3.09. The van der Waals surface area contributed by atoms with Crippen molar-refractivity contribution in [2.75, 3.05) is 11.9 Å². The Balaban J connectivity index is 2.05. The summed E-state index contributed by atoms with van der Waals surface area (Å²) in [5.74, 6) is 0.551. The maximum absolute atomic E-state index is 11.2. The first-order chi connectivity index (χ1) is 7.11. The van der Waals surface area contributed by atoms with Crippen molar-refractivity contribution >= 4 is 21.7 Å². The summed E-state index contributed by atoms with van der Waals surface area (Å²) >= 11 is 3.18. The third-order valence-electron chi connectivity index (χ3n) is 2.75. The number of aromatic nitrogens is 2. The van der Waals surface area contributed by atoms with Crippen molar-refractivity contribution in [2.24, 2.45) is 5.73 Å². The van der Waals surface area contributed by atoms with Crippen LogP contribution < -0.4 is 16.6 Å². The van der Waals surface area contributed by atoms with E-state index < -0.39 is 0 Å². The monoisotopic (exact) mass is 272 g/mol. The number of rotatable bonds is 3. The van der Waals surface area contributed by atoms with Gasteiger partial charge in [-0.3, -0.25) is 4.79 Å². The smallest absolute Gasteiger partial charge is 0.267 e. The van der Waals surface area contributed by atoms with Gasteiger partial charge >= 0.3 is 0 Å². The van der Waals surface area contributed by atoms with Crippen molar-refractivity contribution in [1.29, 1.82) is 0 Å². The molecule has 1 saturated carbocycles. The van der Waals surface area contributed by atoms with Crippen LogP contribution in [-0.4, -0.2) is 22.1 Å². The van der Waals surface area contributed by atoms with Gasteiger partial charge in [0.15, 0.2) is 0 Å². The van der Waals surface area contributed by atoms with E-state index in [-0.39, 0.29) is 11.1 Å². The first kappa shape index (κ1) is 10.6. The van der Waals surface area contributed by atoms with Crippen molar-refractivity contribution in [3.63, 3.8) is 0 Å². The molecule has 15 heavy (non-hydrogen) atoms. The minimum atomic E-state index is -0.188. The van der Waals surface area contributed by atoms with Crippen LogP contribution in [0.4, 0.5) is 5.82 Å². The predicted octanol–water partition coefficient (Wildman–Crippen LogP) is 0.826. The fourth-order valence-electron chi connectivity index (χ4n) is 1.57. The van der Waals surface area contributed by atoms with Gasteiger partial charge in [-0.15, -0.1) is 0 Å². The standard InChI is InChI=1S/C9H13BrN4O/c10-6-7(13-5-14-8(6)15)12-4-9(11)2-1-3-9/h5H,1-4,11H2,(H2,12,13,14,15). The van der Waals surface area contributed by atoms with E-state index in [4.69, 9.17) is 5.73 Å². The lowest BCUT2D eigenvalue weighted by atomic mass is 9.78. The normalized spacial score (nSPS) is 18.3. The minimum Gasteiger partial charge on any atom is -0.367 e. The first-order valence-corrected chi connectivity index (χ1v) is 5.66. The molecule has 2 rings (SSSR count). The van der Waals surface area contributed by atoms with Gasteiger partial charge in [0.2, 0.25) is 0 Å². The van der Waals surface area contributed by atoms with Crippen LogP contribution in [0.2, 0.25) is 0 Å². The van der Waals surface area contributed by atoms with Crippen molar-refractivity contribution < 1.29 is 0 Å². The number of nitrogens with two attached hydrogens (primary N) is 1. The van der Waals surface area contributed by atoms with Crippen LogP contribution >= 0.6 is 15.9 Å². The van der Waals surface area contributed by atoms with E-state index in [2.05, 4.69) is 31.2 Å². The molecule has 1 aromatic rings. The lowest BCUT2D eigenvalue weighted by Gasteiger charge is -2.38. The van der Waals surface area contributed by atoms with Crippen LogP contribution in [0, 0.1) is 0 Å². The number of aromatic amines is 1. The molecule has 1 aromatic heterocycles. The second-order valence-corrected chi connectivity index (χ2v) is 4.76. The second kappa shape index (κ2) is 3.94. The lowest BCUT2D eigenvalue weighted by molar-refractivity contribution is 0.265. The van der Waals surface area contributed by atoms with E-state index >= 15 is 0 Å². The molecule has 5 nitrogen and oxygen atoms in total. The molecular formula is C9H13BrN4O. The van der Waals surface area contributed by atoms with Gasteiger partial charge in [-0.2, -0.15) is 0 Å². The van der Waals surface area contributed by atoms with Crippen molar-refractivity contribution in [3.8, 4) is 0 Å². The summed E-state index contributed by atoms with van der Waals surface area (Å²) in [6.45, 7) is 0.655. The summed E-state index contributed by atoms with van der Waals surface area (Å²) in [5.41, 5.74) is 5.74. The van der Waals surface area contributed by atoms with Crippen LogP contribution in [0.25, 0.3) is 0 Å². The summed E-state index contributed by atoms with van der Waals surface area (Å²) in [6, 6.07) is 0. The summed E-state index contributed by atoms with van der Waals surface area (Å²) in [7, 11) is 0.